The van der Waals surface area contributed by atoms with Crippen LogP contribution in [-0.2, 0) is 0 Å². The zero-order chi connectivity index (χ0) is 13.2. The summed E-state index contributed by atoms with van der Waals surface area (Å²) in [6.07, 6.45) is 5.93. The van der Waals surface area contributed by atoms with Gasteiger partial charge in [0, 0.05) is 12.1 Å². The summed E-state index contributed by atoms with van der Waals surface area (Å²) in [5.41, 5.74) is 1.31. The van der Waals surface area contributed by atoms with Gasteiger partial charge in [-0.3, -0.25) is 10.1 Å². The Balaban J connectivity index is 1.93. The fraction of sp³-hybridized carbons (Fsp3) is 0.500. The van der Waals surface area contributed by atoms with Crippen LogP contribution < -0.4 is 5.32 Å². The fourth-order valence-corrected chi connectivity index (χ4v) is 2.58. The van der Waals surface area contributed by atoms with E-state index in [1.165, 1.54) is 25.3 Å². The minimum atomic E-state index is -0.475. The third kappa shape index (κ3) is 2.23. The minimum Gasteiger partial charge on any atom is -0.380 e. The number of aromatic nitrogens is 2. The third-order valence-electron chi connectivity index (χ3n) is 3.56. The number of benzene rings is 1. The molecule has 1 aliphatic rings. The quantitative estimate of drug-likeness (QED) is 0.675. The number of non-ortho nitro benzene ring substituents is 1. The van der Waals surface area contributed by atoms with Crippen molar-refractivity contribution < 1.29 is 9.55 Å². The maximum absolute atomic E-state index is 10.9. The molecule has 1 aliphatic carbocycles. The molecule has 1 N–H and O–H groups in total. The van der Waals surface area contributed by atoms with E-state index >= 15 is 0 Å². The lowest BCUT2D eigenvalue weighted by Crippen LogP contribution is -2.22. The van der Waals surface area contributed by atoms with E-state index in [1.54, 1.807) is 6.07 Å². The standard InChI is InChI=1S/C12H14N4O3/c17-16(18)10-7-6-9(11-12(10)15-19-14-11)13-8-4-2-1-3-5-8/h6-8,13H,1-5H2. The van der Waals surface area contributed by atoms with Gasteiger partial charge in [-0.1, -0.05) is 19.3 Å². The molecule has 7 nitrogen and oxygen atoms in total. The Kier molecular flexibility index (Phi) is 3.02. The number of nitrogens with one attached hydrogen (secondary N) is 1. The van der Waals surface area contributed by atoms with Gasteiger partial charge >= 0.3 is 5.69 Å². The van der Waals surface area contributed by atoms with E-state index in [1.807, 2.05) is 0 Å². The van der Waals surface area contributed by atoms with Crippen molar-refractivity contribution in [3.63, 3.8) is 0 Å². The van der Waals surface area contributed by atoms with Gasteiger partial charge in [0.25, 0.3) is 0 Å². The van der Waals surface area contributed by atoms with E-state index in [4.69, 9.17) is 0 Å². The molecular formula is C12H14N4O3. The average Bonchev–Trinajstić information content (AvgIpc) is 2.89. The predicted molar refractivity (Wildman–Crippen MR) is 69.0 cm³/mol. The first kappa shape index (κ1) is 11.9. The van der Waals surface area contributed by atoms with Crippen molar-refractivity contribution in [3.05, 3.63) is 22.2 Å². The molecule has 0 bridgehead atoms. The molecule has 7 heteroatoms. The molecule has 100 valence electrons. The summed E-state index contributed by atoms with van der Waals surface area (Å²) in [5, 5.41) is 21.7. The molecule has 0 aliphatic heterocycles. The predicted octanol–water partition coefficient (Wildman–Crippen LogP) is 2.88. The van der Waals surface area contributed by atoms with Gasteiger partial charge in [-0.25, -0.2) is 4.63 Å². The molecule has 0 spiro atoms. The van der Waals surface area contributed by atoms with Gasteiger partial charge in [-0.2, -0.15) is 0 Å². The number of hydrogen-bond acceptors (Lipinski definition) is 6. The van der Waals surface area contributed by atoms with E-state index in [0.717, 1.165) is 18.5 Å². The zero-order valence-electron chi connectivity index (χ0n) is 10.3. The van der Waals surface area contributed by atoms with E-state index < -0.39 is 4.92 Å². The number of nitro groups is 1. The Morgan fingerprint density at radius 1 is 1.21 bits per heavy atom. The highest BCUT2D eigenvalue weighted by molar-refractivity contribution is 5.93. The summed E-state index contributed by atoms with van der Waals surface area (Å²) in [6.45, 7) is 0. The fourth-order valence-electron chi connectivity index (χ4n) is 2.58. The molecule has 1 aromatic heterocycles. The number of nitro benzene ring substituents is 1. The Morgan fingerprint density at radius 3 is 2.68 bits per heavy atom. The van der Waals surface area contributed by atoms with Gasteiger partial charge < -0.3 is 5.32 Å². The van der Waals surface area contributed by atoms with Crippen LogP contribution in [0.1, 0.15) is 32.1 Å². The number of nitrogens with zero attached hydrogens (tertiary/aromatic N) is 3. The highest BCUT2D eigenvalue weighted by Gasteiger charge is 2.21. The largest absolute Gasteiger partial charge is 0.380 e. The van der Waals surface area contributed by atoms with Crippen LogP contribution >= 0.6 is 0 Å². The van der Waals surface area contributed by atoms with Crippen LogP contribution in [0.5, 0.6) is 0 Å². The molecule has 1 saturated carbocycles. The van der Waals surface area contributed by atoms with Crippen LogP contribution in [0.3, 0.4) is 0 Å². The molecule has 3 rings (SSSR count). The molecule has 1 aromatic carbocycles. The van der Waals surface area contributed by atoms with Gasteiger partial charge in [-0.15, -0.1) is 0 Å². The second-order valence-corrected chi connectivity index (χ2v) is 4.83. The van der Waals surface area contributed by atoms with Crippen LogP contribution in [0.4, 0.5) is 11.4 Å². The molecular weight excluding hydrogens is 248 g/mol. The lowest BCUT2D eigenvalue weighted by Gasteiger charge is -2.23. The average molecular weight is 262 g/mol. The molecule has 0 unspecified atom stereocenters. The maximum atomic E-state index is 10.9. The lowest BCUT2D eigenvalue weighted by atomic mass is 9.95. The summed E-state index contributed by atoms with van der Waals surface area (Å²) in [7, 11) is 0. The first-order chi connectivity index (χ1) is 9.25. The summed E-state index contributed by atoms with van der Waals surface area (Å²) in [4.78, 5) is 10.4. The SMILES string of the molecule is O=[N+]([O-])c1ccc(NC2CCCCC2)c2nonc12. The highest BCUT2D eigenvalue weighted by atomic mass is 16.6. The maximum Gasteiger partial charge on any atom is 0.300 e. The normalized spacial score (nSPS) is 16.6. The topological polar surface area (TPSA) is 94.1 Å². The summed E-state index contributed by atoms with van der Waals surface area (Å²) in [6, 6.07) is 3.52. The lowest BCUT2D eigenvalue weighted by molar-refractivity contribution is -0.383. The van der Waals surface area contributed by atoms with Crippen LogP contribution in [-0.4, -0.2) is 21.3 Å². The first-order valence-electron chi connectivity index (χ1n) is 6.42. The summed E-state index contributed by atoms with van der Waals surface area (Å²) < 4.78 is 4.64. The zero-order valence-corrected chi connectivity index (χ0v) is 10.3. The van der Waals surface area contributed by atoms with Crippen molar-refractivity contribution in [1.82, 2.24) is 10.3 Å². The van der Waals surface area contributed by atoms with E-state index in [-0.39, 0.29) is 11.2 Å². The van der Waals surface area contributed by atoms with E-state index in [9.17, 15) is 10.1 Å². The molecule has 0 radical (unpaired) electrons. The Bertz CT molecular complexity index is 604. The number of hydrogen-bond donors (Lipinski definition) is 1. The molecule has 0 amide bonds. The van der Waals surface area contributed by atoms with Gasteiger partial charge in [0.1, 0.15) is 0 Å². The monoisotopic (exact) mass is 262 g/mol. The van der Waals surface area contributed by atoms with Crippen molar-refractivity contribution in [2.45, 2.75) is 38.1 Å². The second kappa shape index (κ2) is 4.83. The van der Waals surface area contributed by atoms with Crippen molar-refractivity contribution in [2.75, 3.05) is 5.32 Å². The molecule has 0 atom stereocenters. The van der Waals surface area contributed by atoms with Crippen LogP contribution in [0.15, 0.2) is 16.8 Å². The van der Waals surface area contributed by atoms with E-state index in [0.29, 0.717) is 11.6 Å². The number of rotatable bonds is 3. The van der Waals surface area contributed by atoms with Crippen molar-refractivity contribution >= 4 is 22.4 Å². The molecule has 2 aromatic rings. The number of anilines is 1. The Hall–Kier alpha value is -2.18. The molecule has 1 heterocycles. The Labute approximate surface area is 109 Å². The molecule has 1 fully saturated rings. The molecule has 0 saturated heterocycles. The van der Waals surface area contributed by atoms with Crippen molar-refractivity contribution in [1.29, 1.82) is 0 Å². The summed E-state index contributed by atoms with van der Waals surface area (Å²) >= 11 is 0. The van der Waals surface area contributed by atoms with E-state index in [2.05, 4.69) is 20.3 Å². The smallest absolute Gasteiger partial charge is 0.300 e. The van der Waals surface area contributed by atoms with Gasteiger partial charge in [0.15, 0.2) is 5.52 Å². The Morgan fingerprint density at radius 2 is 1.95 bits per heavy atom. The summed E-state index contributed by atoms with van der Waals surface area (Å²) in [5.74, 6) is 0. The third-order valence-corrected chi connectivity index (χ3v) is 3.56. The minimum absolute atomic E-state index is 0.0783. The van der Waals surface area contributed by atoms with Gasteiger partial charge in [0.05, 0.1) is 10.6 Å². The highest BCUT2D eigenvalue weighted by Crippen LogP contribution is 2.30. The van der Waals surface area contributed by atoms with Gasteiger partial charge in [0.2, 0.25) is 5.52 Å². The second-order valence-electron chi connectivity index (χ2n) is 4.83. The van der Waals surface area contributed by atoms with Crippen molar-refractivity contribution in [2.24, 2.45) is 0 Å². The molecule has 19 heavy (non-hydrogen) atoms. The number of fused-ring (bicyclic) bond motifs is 1. The van der Waals surface area contributed by atoms with Gasteiger partial charge in [-0.05, 0) is 29.2 Å². The van der Waals surface area contributed by atoms with Crippen LogP contribution in [0, 0.1) is 10.1 Å². The van der Waals surface area contributed by atoms with Crippen molar-refractivity contribution in [3.8, 4) is 0 Å². The van der Waals surface area contributed by atoms with Crippen LogP contribution in [0.2, 0.25) is 0 Å². The first-order valence-corrected chi connectivity index (χ1v) is 6.42. The van der Waals surface area contributed by atoms with Crippen LogP contribution in [0.25, 0.3) is 11.0 Å².